The number of hydrogen-bond donors (Lipinski definition) is 3. The Labute approximate surface area is 65.8 Å². The van der Waals surface area contributed by atoms with Crippen LogP contribution >= 0.6 is 0 Å². The minimum atomic E-state index is -0.371. The molecular weight excluding hydrogens is 144 g/mol. The zero-order valence-electron chi connectivity index (χ0n) is 6.63. The molecule has 4 N–H and O–H groups in total. The van der Waals surface area contributed by atoms with Gasteiger partial charge in [0.15, 0.2) is 0 Å². The van der Waals surface area contributed by atoms with Gasteiger partial charge in [0.05, 0.1) is 12.6 Å². The van der Waals surface area contributed by atoms with E-state index in [1.807, 2.05) is 0 Å². The van der Waals surface area contributed by atoms with Crippen molar-refractivity contribution >= 4 is 5.91 Å². The lowest BCUT2D eigenvalue weighted by atomic mass is 10.2. The number of nitrogens with two attached hydrogens (primary N) is 1. The maximum Gasteiger partial charge on any atom is 0.234 e. The molecular formula is C7H14N2O2. The summed E-state index contributed by atoms with van der Waals surface area (Å²) in [5, 5.41) is 11.9. The molecule has 1 atom stereocenters. The van der Waals surface area contributed by atoms with Gasteiger partial charge in [0, 0.05) is 5.54 Å². The van der Waals surface area contributed by atoms with E-state index in [2.05, 4.69) is 5.32 Å². The van der Waals surface area contributed by atoms with E-state index in [4.69, 9.17) is 10.8 Å². The lowest BCUT2D eigenvalue weighted by Crippen LogP contribution is -2.47. The Morgan fingerprint density at radius 3 is 2.64 bits per heavy atom. The molecule has 4 nitrogen and oxygen atoms in total. The molecule has 0 aromatic rings. The Hall–Kier alpha value is -0.610. The van der Waals surface area contributed by atoms with Gasteiger partial charge in [-0.15, -0.1) is 0 Å². The van der Waals surface area contributed by atoms with Gasteiger partial charge >= 0.3 is 0 Å². The van der Waals surface area contributed by atoms with Crippen LogP contribution in [0.3, 0.4) is 0 Å². The van der Waals surface area contributed by atoms with Crippen LogP contribution in [0.5, 0.6) is 0 Å². The first kappa shape index (κ1) is 8.49. The second-order valence-electron chi connectivity index (χ2n) is 3.21. The minimum absolute atomic E-state index is 0.0879. The summed E-state index contributed by atoms with van der Waals surface area (Å²) in [6.07, 6.45) is 1.86. The smallest absolute Gasteiger partial charge is 0.234 e. The van der Waals surface area contributed by atoms with Crippen molar-refractivity contribution in [2.75, 3.05) is 6.61 Å². The van der Waals surface area contributed by atoms with Gasteiger partial charge in [0.25, 0.3) is 0 Å². The summed E-state index contributed by atoms with van der Waals surface area (Å²) in [4.78, 5) is 10.6. The van der Waals surface area contributed by atoms with E-state index in [0.29, 0.717) is 0 Å². The van der Waals surface area contributed by atoms with Gasteiger partial charge in [-0.2, -0.15) is 0 Å². The molecule has 1 aliphatic rings. The van der Waals surface area contributed by atoms with Crippen molar-refractivity contribution in [1.29, 1.82) is 0 Å². The number of aliphatic hydroxyl groups is 1. The Balaban J connectivity index is 2.35. The number of nitrogens with one attached hydrogen (secondary N) is 1. The summed E-state index contributed by atoms with van der Waals surface area (Å²) >= 11 is 0. The van der Waals surface area contributed by atoms with Gasteiger partial charge in [-0.25, -0.2) is 0 Å². The predicted molar refractivity (Wildman–Crippen MR) is 40.8 cm³/mol. The van der Waals surface area contributed by atoms with Crippen LogP contribution in [0.1, 0.15) is 19.8 Å². The van der Waals surface area contributed by atoms with Crippen molar-refractivity contribution in [2.45, 2.75) is 31.3 Å². The molecule has 0 aromatic carbocycles. The summed E-state index contributed by atoms with van der Waals surface area (Å²) in [7, 11) is 0. The Kier molecular flexibility index (Phi) is 2.15. The molecule has 0 bridgehead atoms. The topological polar surface area (TPSA) is 75.3 Å². The van der Waals surface area contributed by atoms with E-state index in [0.717, 1.165) is 12.8 Å². The van der Waals surface area contributed by atoms with Crippen molar-refractivity contribution in [2.24, 2.45) is 5.73 Å². The van der Waals surface area contributed by atoms with Crippen LogP contribution in [0, 0.1) is 0 Å². The third-order valence-corrected chi connectivity index (χ3v) is 2.11. The molecule has 64 valence electrons. The van der Waals surface area contributed by atoms with Crippen LogP contribution in [-0.2, 0) is 4.79 Å². The molecule has 1 unspecified atom stereocenters. The lowest BCUT2D eigenvalue weighted by molar-refractivity contribution is -0.119. The fraction of sp³-hybridized carbons (Fsp3) is 0.857. The molecule has 0 saturated heterocycles. The number of aliphatic hydroxyl groups excluding tert-OH is 1. The van der Waals surface area contributed by atoms with Gasteiger partial charge in [-0.1, -0.05) is 0 Å². The van der Waals surface area contributed by atoms with E-state index >= 15 is 0 Å². The number of amides is 1. The number of rotatable bonds is 4. The molecule has 4 heteroatoms. The fourth-order valence-corrected chi connectivity index (χ4v) is 1.03. The Morgan fingerprint density at radius 1 is 1.82 bits per heavy atom. The highest BCUT2D eigenvalue weighted by molar-refractivity contribution is 5.79. The first-order chi connectivity index (χ1) is 5.09. The average Bonchev–Trinajstić information content (AvgIpc) is 2.69. The quantitative estimate of drug-likeness (QED) is 0.490. The molecule has 1 rings (SSSR count). The summed E-state index contributed by atoms with van der Waals surface area (Å²) in [6.45, 7) is 1.79. The summed E-state index contributed by atoms with van der Waals surface area (Å²) in [6, 6.07) is -0.343. The maximum absolute atomic E-state index is 10.6. The third kappa shape index (κ3) is 1.91. The molecule has 0 radical (unpaired) electrons. The largest absolute Gasteiger partial charge is 0.394 e. The van der Waals surface area contributed by atoms with Gasteiger partial charge in [0.1, 0.15) is 0 Å². The highest BCUT2D eigenvalue weighted by atomic mass is 16.3. The molecule has 1 amide bonds. The summed E-state index contributed by atoms with van der Waals surface area (Å²) in [5.41, 5.74) is 4.84. The second-order valence-corrected chi connectivity index (χ2v) is 3.21. The van der Waals surface area contributed by atoms with Crippen LogP contribution in [0.25, 0.3) is 0 Å². The van der Waals surface area contributed by atoms with Gasteiger partial charge in [-0.3, -0.25) is 10.1 Å². The van der Waals surface area contributed by atoms with Crippen molar-refractivity contribution < 1.29 is 9.90 Å². The molecule has 0 aliphatic heterocycles. The zero-order chi connectivity index (χ0) is 8.48. The maximum atomic E-state index is 10.6. The lowest BCUT2D eigenvalue weighted by Gasteiger charge is -2.17. The fourth-order valence-electron chi connectivity index (χ4n) is 1.03. The highest BCUT2D eigenvalue weighted by Gasteiger charge is 2.43. The van der Waals surface area contributed by atoms with Gasteiger partial charge in [-0.05, 0) is 19.8 Å². The predicted octanol–water partition coefficient (Wildman–Crippen LogP) is -1.03. The molecule has 0 spiro atoms. The van der Waals surface area contributed by atoms with E-state index in [1.54, 1.807) is 6.92 Å². The normalized spacial score (nSPS) is 22.7. The molecule has 11 heavy (non-hydrogen) atoms. The monoisotopic (exact) mass is 158 g/mol. The highest BCUT2D eigenvalue weighted by Crippen LogP contribution is 2.34. The van der Waals surface area contributed by atoms with E-state index in [9.17, 15) is 4.79 Å². The van der Waals surface area contributed by atoms with Crippen LogP contribution in [0.2, 0.25) is 0 Å². The minimum Gasteiger partial charge on any atom is -0.394 e. The molecule has 1 fully saturated rings. The van der Waals surface area contributed by atoms with Crippen LogP contribution in [-0.4, -0.2) is 29.2 Å². The molecule has 1 aliphatic carbocycles. The standard InChI is InChI=1S/C7H14N2O2/c1-5(6(8)11)9-7(4-10)2-3-7/h5,9-10H,2-4H2,1H3,(H2,8,11). The molecule has 0 aromatic heterocycles. The summed E-state index contributed by atoms with van der Waals surface area (Å²) in [5.74, 6) is -0.371. The van der Waals surface area contributed by atoms with Crippen LogP contribution < -0.4 is 11.1 Å². The van der Waals surface area contributed by atoms with Gasteiger partial charge in [0.2, 0.25) is 5.91 Å². The number of hydrogen-bond acceptors (Lipinski definition) is 3. The Morgan fingerprint density at radius 2 is 2.36 bits per heavy atom. The van der Waals surface area contributed by atoms with Crippen LogP contribution in [0.15, 0.2) is 0 Å². The molecule has 1 saturated carbocycles. The first-order valence-electron chi connectivity index (χ1n) is 3.77. The number of carbonyl (C=O) groups excluding carboxylic acids is 1. The summed E-state index contributed by atoms with van der Waals surface area (Å²) < 4.78 is 0. The van der Waals surface area contributed by atoms with Gasteiger partial charge < -0.3 is 10.8 Å². The Bertz CT molecular complexity index is 166. The SMILES string of the molecule is CC(NC1(CO)CC1)C(N)=O. The van der Waals surface area contributed by atoms with Crippen molar-refractivity contribution in [3.63, 3.8) is 0 Å². The van der Waals surface area contributed by atoms with Crippen molar-refractivity contribution in [3.05, 3.63) is 0 Å². The second kappa shape index (κ2) is 2.79. The van der Waals surface area contributed by atoms with Crippen molar-refractivity contribution in [1.82, 2.24) is 5.32 Å². The molecule has 0 heterocycles. The number of primary amides is 1. The van der Waals surface area contributed by atoms with E-state index < -0.39 is 0 Å². The first-order valence-corrected chi connectivity index (χ1v) is 3.77. The van der Waals surface area contributed by atoms with E-state index in [-0.39, 0.29) is 24.1 Å². The van der Waals surface area contributed by atoms with E-state index in [1.165, 1.54) is 0 Å². The van der Waals surface area contributed by atoms with Crippen LogP contribution in [0.4, 0.5) is 0 Å². The third-order valence-electron chi connectivity index (χ3n) is 2.11. The van der Waals surface area contributed by atoms with Crippen molar-refractivity contribution in [3.8, 4) is 0 Å². The number of carbonyl (C=O) groups is 1. The zero-order valence-corrected chi connectivity index (χ0v) is 6.63. The average molecular weight is 158 g/mol.